The van der Waals surface area contributed by atoms with Crippen molar-refractivity contribution >= 4 is 0 Å². The first-order chi connectivity index (χ1) is 5.24. The Morgan fingerprint density at radius 3 is 2.67 bits per heavy atom. The molecular weight excluding hydrogens is 159 g/mol. The van der Waals surface area contributed by atoms with E-state index in [9.17, 15) is 5.11 Å². The molecular formula is C10H11NaO. The van der Waals surface area contributed by atoms with Gasteiger partial charge >= 0.3 is 29.6 Å². The normalized spacial score (nSPS) is 8.75. The van der Waals surface area contributed by atoms with Crippen molar-refractivity contribution in [3.05, 3.63) is 42.0 Å². The van der Waals surface area contributed by atoms with Gasteiger partial charge in [-0.15, -0.1) is 12.3 Å². The van der Waals surface area contributed by atoms with Crippen LogP contribution in [0.25, 0.3) is 0 Å². The minimum atomic E-state index is 0. The molecule has 0 aliphatic heterocycles. The Morgan fingerprint density at radius 1 is 1.50 bits per heavy atom. The zero-order chi connectivity index (χ0) is 8.27. The fourth-order valence-corrected chi connectivity index (χ4v) is 1.05. The second-order valence-electron chi connectivity index (χ2n) is 2.58. The summed E-state index contributed by atoms with van der Waals surface area (Å²) in [5.74, 6) is 0.0790. The van der Waals surface area contributed by atoms with Gasteiger partial charge in [0.2, 0.25) is 0 Å². The second-order valence-corrected chi connectivity index (χ2v) is 2.58. The standard InChI is InChI=1S/C10H12O.Na/c1-3-4-9-5-6-10(11)7-8(9)2;/h3,5-7,11H,1,4H2,2H3;/q;+1/p-1. The summed E-state index contributed by atoms with van der Waals surface area (Å²) in [6, 6.07) is 5.10. The van der Waals surface area contributed by atoms with Crippen LogP contribution in [0.1, 0.15) is 11.1 Å². The molecule has 1 aromatic rings. The van der Waals surface area contributed by atoms with Gasteiger partial charge in [0.15, 0.2) is 0 Å². The minimum absolute atomic E-state index is 0. The summed E-state index contributed by atoms with van der Waals surface area (Å²) in [4.78, 5) is 0. The molecule has 0 N–H and O–H groups in total. The molecule has 1 aromatic carbocycles. The van der Waals surface area contributed by atoms with Crippen molar-refractivity contribution in [1.82, 2.24) is 0 Å². The zero-order valence-corrected chi connectivity index (χ0v) is 9.63. The SMILES string of the molecule is C=CCc1ccc([O-])cc1C.[Na+]. The number of hydrogen-bond acceptors (Lipinski definition) is 1. The van der Waals surface area contributed by atoms with Crippen LogP contribution in [0, 0.1) is 6.92 Å². The van der Waals surface area contributed by atoms with Crippen molar-refractivity contribution in [2.45, 2.75) is 13.3 Å². The summed E-state index contributed by atoms with van der Waals surface area (Å²) < 4.78 is 0. The van der Waals surface area contributed by atoms with Gasteiger partial charge in [0.25, 0.3) is 0 Å². The molecule has 2 heteroatoms. The summed E-state index contributed by atoms with van der Waals surface area (Å²) in [6.07, 6.45) is 2.68. The fourth-order valence-electron chi connectivity index (χ4n) is 1.05. The van der Waals surface area contributed by atoms with Crippen molar-refractivity contribution < 1.29 is 34.7 Å². The van der Waals surface area contributed by atoms with Crippen LogP contribution in [0.2, 0.25) is 0 Å². The van der Waals surface area contributed by atoms with Crippen LogP contribution in [0.5, 0.6) is 5.75 Å². The van der Waals surface area contributed by atoms with Crippen molar-refractivity contribution in [3.8, 4) is 5.75 Å². The fraction of sp³-hybridized carbons (Fsp3) is 0.200. The Labute approximate surface area is 95.4 Å². The smallest absolute Gasteiger partial charge is 0.872 e. The molecule has 0 aromatic heterocycles. The quantitative estimate of drug-likeness (QED) is 0.404. The van der Waals surface area contributed by atoms with Crippen molar-refractivity contribution in [2.75, 3.05) is 0 Å². The molecule has 0 bridgehead atoms. The number of aryl methyl sites for hydroxylation is 1. The van der Waals surface area contributed by atoms with Crippen LogP contribution < -0.4 is 34.7 Å². The Hall–Kier alpha value is -0.240. The Bertz CT molecular complexity index is 269. The third-order valence-corrected chi connectivity index (χ3v) is 1.68. The molecule has 0 radical (unpaired) electrons. The van der Waals surface area contributed by atoms with Crippen molar-refractivity contribution in [2.24, 2.45) is 0 Å². The maximum absolute atomic E-state index is 10.8. The van der Waals surface area contributed by atoms with Crippen LogP contribution in [0.4, 0.5) is 0 Å². The van der Waals surface area contributed by atoms with Crippen LogP contribution in [0.15, 0.2) is 30.9 Å². The number of allylic oxidation sites excluding steroid dienone is 1. The van der Waals surface area contributed by atoms with Gasteiger partial charge in [0.1, 0.15) is 0 Å². The van der Waals surface area contributed by atoms with Gasteiger partial charge in [-0.2, -0.15) is 0 Å². The summed E-state index contributed by atoms with van der Waals surface area (Å²) >= 11 is 0. The Morgan fingerprint density at radius 2 is 2.17 bits per heavy atom. The molecule has 0 aliphatic rings. The van der Waals surface area contributed by atoms with E-state index in [2.05, 4.69) is 6.58 Å². The van der Waals surface area contributed by atoms with Gasteiger partial charge in [-0.1, -0.05) is 24.3 Å². The van der Waals surface area contributed by atoms with Gasteiger partial charge in [-0.05, 0) is 24.5 Å². The van der Waals surface area contributed by atoms with Gasteiger partial charge < -0.3 is 5.11 Å². The second kappa shape index (κ2) is 5.41. The average molecular weight is 170 g/mol. The van der Waals surface area contributed by atoms with E-state index in [4.69, 9.17) is 0 Å². The molecule has 0 fully saturated rings. The third-order valence-electron chi connectivity index (χ3n) is 1.68. The molecule has 0 unspecified atom stereocenters. The first kappa shape index (κ1) is 11.8. The Kier molecular flexibility index (Phi) is 5.31. The van der Waals surface area contributed by atoms with Crippen LogP contribution in [0.3, 0.4) is 0 Å². The number of benzene rings is 1. The van der Waals surface area contributed by atoms with Crippen LogP contribution >= 0.6 is 0 Å². The first-order valence-electron chi connectivity index (χ1n) is 3.61. The van der Waals surface area contributed by atoms with E-state index in [1.807, 2.05) is 19.1 Å². The molecule has 0 aliphatic carbocycles. The summed E-state index contributed by atoms with van der Waals surface area (Å²) in [7, 11) is 0. The van der Waals surface area contributed by atoms with Crippen LogP contribution in [-0.4, -0.2) is 0 Å². The molecule has 0 spiro atoms. The maximum Gasteiger partial charge on any atom is 1.00 e. The molecule has 0 amide bonds. The van der Waals surface area contributed by atoms with Crippen molar-refractivity contribution in [1.29, 1.82) is 0 Å². The largest absolute Gasteiger partial charge is 1.00 e. The van der Waals surface area contributed by atoms with Crippen LogP contribution in [-0.2, 0) is 6.42 Å². The minimum Gasteiger partial charge on any atom is -0.872 e. The van der Waals surface area contributed by atoms with Gasteiger partial charge in [0, 0.05) is 0 Å². The van der Waals surface area contributed by atoms with E-state index in [0.29, 0.717) is 0 Å². The monoisotopic (exact) mass is 170 g/mol. The van der Waals surface area contributed by atoms with E-state index in [0.717, 1.165) is 12.0 Å². The summed E-state index contributed by atoms with van der Waals surface area (Å²) in [5, 5.41) is 10.8. The van der Waals surface area contributed by atoms with Crippen molar-refractivity contribution in [3.63, 3.8) is 0 Å². The predicted molar refractivity (Wildman–Crippen MR) is 44.5 cm³/mol. The molecule has 0 saturated carbocycles. The number of hydrogen-bond donors (Lipinski definition) is 0. The van der Waals surface area contributed by atoms with E-state index in [1.165, 1.54) is 5.56 Å². The molecule has 58 valence electrons. The van der Waals surface area contributed by atoms with Gasteiger partial charge in [0.05, 0.1) is 0 Å². The molecule has 1 rings (SSSR count). The molecule has 0 atom stereocenters. The average Bonchev–Trinajstić information content (AvgIpc) is 1.95. The molecule has 0 saturated heterocycles. The number of rotatable bonds is 2. The molecule has 12 heavy (non-hydrogen) atoms. The zero-order valence-electron chi connectivity index (χ0n) is 7.63. The topological polar surface area (TPSA) is 23.1 Å². The predicted octanol–water partition coefficient (Wildman–Crippen LogP) is -1.20. The van der Waals surface area contributed by atoms with E-state index in [-0.39, 0.29) is 35.3 Å². The third kappa shape index (κ3) is 3.02. The maximum atomic E-state index is 10.8. The van der Waals surface area contributed by atoms with E-state index in [1.54, 1.807) is 12.1 Å². The van der Waals surface area contributed by atoms with E-state index < -0.39 is 0 Å². The summed E-state index contributed by atoms with van der Waals surface area (Å²) in [6.45, 7) is 5.59. The summed E-state index contributed by atoms with van der Waals surface area (Å²) in [5.41, 5.74) is 2.23. The van der Waals surface area contributed by atoms with E-state index >= 15 is 0 Å². The molecule has 0 heterocycles. The Balaban J connectivity index is 0.00000121. The first-order valence-corrected chi connectivity index (χ1v) is 3.61. The van der Waals surface area contributed by atoms with Gasteiger partial charge in [-0.3, -0.25) is 0 Å². The van der Waals surface area contributed by atoms with Gasteiger partial charge in [-0.25, -0.2) is 0 Å². The molecule has 1 nitrogen and oxygen atoms in total.